The molecule has 2 unspecified atom stereocenters. The van der Waals surface area contributed by atoms with Crippen LogP contribution in [0.3, 0.4) is 0 Å². The maximum Gasteiger partial charge on any atom is 0.119 e. The number of allylic oxidation sites excluding steroid dienone is 1. The number of aromatic hydroxyl groups is 2. The predicted molar refractivity (Wildman–Crippen MR) is 64.6 cm³/mol. The highest BCUT2D eigenvalue weighted by Crippen LogP contribution is 2.41. The SMILES string of the molecule is C=C(C)C1Cc2c(O)ccc(O)c2CC1C. The van der Waals surface area contributed by atoms with Crippen LogP contribution in [0.1, 0.15) is 25.0 Å². The van der Waals surface area contributed by atoms with E-state index in [9.17, 15) is 10.2 Å². The zero-order chi connectivity index (χ0) is 11.9. The van der Waals surface area contributed by atoms with Crippen molar-refractivity contribution in [1.29, 1.82) is 0 Å². The summed E-state index contributed by atoms with van der Waals surface area (Å²) in [7, 11) is 0. The van der Waals surface area contributed by atoms with Gasteiger partial charge in [0.15, 0.2) is 0 Å². The zero-order valence-electron chi connectivity index (χ0n) is 9.83. The lowest BCUT2D eigenvalue weighted by atomic mass is 9.73. The van der Waals surface area contributed by atoms with Crippen molar-refractivity contribution in [3.63, 3.8) is 0 Å². The lowest BCUT2D eigenvalue weighted by Gasteiger charge is -2.32. The first-order chi connectivity index (χ1) is 7.50. The summed E-state index contributed by atoms with van der Waals surface area (Å²) >= 11 is 0. The zero-order valence-corrected chi connectivity index (χ0v) is 9.83. The molecule has 0 saturated heterocycles. The summed E-state index contributed by atoms with van der Waals surface area (Å²) in [5.74, 6) is 1.48. The second-order valence-electron chi connectivity index (χ2n) is 4.90. The van der Waals surface area contributed by atoms with Crippen LogP contribution in [0.5, 0.6) is 11.5 Å². The fourth-order valence-electron chi connectivity index (χ4n) is 2.67. The molecule has 1 aliphatic rings. The summed E-state index contributed by atoms with van der Waals surface area (Å²) in [6.07, 6.45) is 1.60. The minimum Gasteiger partial charge on any atom is -0.508 e. The smallest absolute Gasteiger partial charge is 0.119 e. The van der Waals surface area contributed by atoms with Crippen LogP contribution in [0, 0.1) is 11.8 Å². The Morgan fingerprint density at radius 1 is 1.19 bits per heavy atom. The molecule has 0 aromatic heterocycles. The van der Waals surface area contributed by atoms with E-state index in [-0.39, 0.29) is 0 Å². The first kappa shape index (κ1) is 11.1. The number of hydrogen-bond donors (Lipinski definition) is 2. The average Bonchev–Trinajstić information content (AvgIpc) is 2.23. The molecule has 1 aromatic rings. The molecule has 0 fully saturated rings. The molecule has 0 amide bonds. The topological polar surface area (TPSA) is 40.5 Å². The van der Waals surface area contributed by atoms with Gasteiger partial charge in [-0.1, -0.05) is 19.1 Å². The summed E-state index contributed by atoms with van der Waals surface area (Å²) in [6, 6.07) is 3.14. The van der Waals surface area contributed by atoms with Crippen molar-refractivity contribution in [2.24, 2.45) is 11.8 Å². The van der Waals surface area contributed by atoms with Gasteiger partial charge in [-0.2, -0.15) is 0 Å². The van der Waals surface area contributed by atoms with Crippen molar-refractivity contribution in [2.75, 3.05) is 0 Å². The van der Waals surface area contributed by atoms with Gasteiger partial charge in [0.25, 0.3) is 0 Å². The number of fused-ring (bicyclic) bond motifs is 1. The van der Waals surface area contributed by atoms with Gasteiger partial charge in [-0.05, 0) is 43.7 Å². The Morgan fingerprint density at radius 3 is 2.19 bits per heavy atom. The third kappa shape index (κ3) is 1.69. The average molecular weight is 218 g/mol. The normalized spacial score (nSPS) is 23.9. The van der Waals surface area contributed by atoms with Gasteiger partial charge in [-0.15, -0.1) is 0 Å². The Balaban J connectivity index is 2.46. The van der Waals surface area contributed by atoms with Crippen LogP contribution in [-0.4, -0.2) is 10.2 Å². The molecule has 2 atom stereocenters. The molecule has 0 radical (unpaired) electrons. The van der Waals surface area contributed by atoms with Crippen LogP contribution in [-0.2, 0) is 12.8 Å². The van der Waals surface area contributed by atoms with E-state index in [1.807, 2.05) is 6.92 Å². The van der Waals surface area contributed by atoms with Crippen LogP contribution in [0.15, 0.2) is 24.3 Å². The van der Waals surface area contributed by atoms with E-state index in [1.54, 1.807) is 12.1 Å². The highest BCUT2D eigenvalue weighted by molar-refractivity contribution is 5.49. The Kier molecular flexibility index (Phi) is 2.66. The minimum atomic E-state index is 0.297. The molecular weight excluding hydrogens is 200 g/mol. The Hall–Kier alpha value is -1.44. The molecule has 0 saturated carbocycles. The van der Waals surface area contributed by atoms with Gasteiger partial charge in [0.1, 0.15) is 11.5 Å². The fourth-order valence-corrected chi connectivity index (χ4v) is 2.67. The van der Waals surface area contributed by atoms with Crippen molar-refractivity contribution in [2.45, 2.75) is 26.7 Å². The molecule has 0 bridgehead atoms. The first-order valence-corrected chi connectivity index (χ1v) is 5.68. The van der Waals surface area contributed by atoms with Gasteiger partial charge < -0.3 is 10.2 Å². The lowest BCUT2D eigenvalue weighted by Crippen LogP contribution is -2.24. The molecule has 1 aliphatic carbocycles. The van der Waals surface area contributed by atoms with Crippen LogP contribution in [0.2, 0.25) is 0 Å². The van der Waals surface area contributed by atoms with E-state index < -0.39 is 0 Å². The Bertz CT molecular complexity index is 435. The van der Waals surface area contributed by atoms with E-state index in [4.69, 9.17) is 0 Å². The second kappa shape index (κ2) is 3.85. The van der Waals surface area contributed by atoms with Crippen molar-refractivity contribution >= 4 is 0 Å². The van der Waals surface area contributed by atoms with Crippen LogP contribution >= 0.6 is 0 Å². The maximum atomic E-state index is 9.83. The van der Waals surface area contributed by atoms with Crippen molar-refractivity contribution < 1.29 is 10.2 Å². The van der Waals surface area contributed by atoms with Gasteiger partial charge in [-0.25, -0.2) is 0 Å². The molecule has 0 heterocycles. The molecule has 0 aliphatic heterocycles. The number of hydrogen-bond acceptors (Lipinski definition) is 2. The minimum absolute atomic E-state index is 0.297. The largest absolute Gasteiger partial charge is 0.508 e. The number of phenolic OH excluding ortho intramolecular Hbond substituents is 2. The fraction of sp³-hybridized carbons (Fsp3) is 0.429. The Morgan fingerprint density at radius 2 is 1.69 bits per heavy atom. The van der Waals surface area contributed by atoms with Crippen LogP contribution in [0.25, 0.3) is 0 Å². The summed E-state index contributed by atoms with van der Waals surface area (Å²) in [5, 5.41) is 19.6. The van der Waals surface area contributed by atoms with Crippen molar-refractivity contribution in [1.82, 2.24) is 0 Å². The van der Waals surface area contributed by atoms with Crippen LogP contribution < -0.4 is 0 Å². The predicted octanol–water partition coefficient (Wildman–Crippen LogP) is 3.02. The second-order valence-corrected chi connectivity index (χ2v) is 4.90. The van der Waals surface area contributed by atoms with E-state index in [1.165, 1.54) is 0 Å². The summed E-state index contributed by atoms with van der Waals surface area (Å²) in [5.41, 5.74) is 2.96. The quantitative estimate of drug-likeness (QED) is 0.562. The molecule has 2 heteroatoms. The molecule has 1 aromatic carbocycles. The number of phenols is 2. The van der Waals surface area contributed by atoms with Crippen LogP contribution in [0.4, 0.5) is 0 Å². The van der Waals surface area contributed by atoms with Crippen molar-refractivity contribution in [3.05, 3.63) is 35.4 Å². The monoisotopic (exact) mass is 218 g/mol. The first-order valence-electron chi connectivity index (χ1n) is 5.68. The summed E-state index contributed by atoms with van der Waals surface area (Å²) in [4.78, 5) is 0. The Labute approximate surface area is 96.2 Å². The third-order valence-corrected chi connectivity index (χ3v) is 3.65. The van der Waals surface area contributed by atoms with E-state index >= 15 is 0 Å². The van der Waals surface area contributed by atoms with Gasteiger partial charge in [0.05, 0.1) is 0 Å². The van der Waals surface area contributed by atoms with E-state index in [0.29, 0.717) is 23.3 Å². The van der Waals surface area contributed by atoms with Gasteiger partial charge in [-0.3, -0.25) is 0 Å². The lowest BCUT2D eigenvalue weighted by molar-refractivity contribution is 0.357. The molecule has 16 heavy (non-hydrogen) atoms. The summed E-state index contributed by atoms with van der Waals surface area (Å²) < 4.78 is 0. The molecule has 2 rings (SSSR count). The third-order valence-electron chi connectivity index (χ3n) is 3.65. The molecule has 2 N–H and O–H groups in total. The maximum absolute atomic E-state index is 9.83. The highest BCUT2D eigenvalue weighted by atomic mass is 16.3. The van der Waals surface area contributed by atoms with E-state index in [2.05, 4.69) is 13.5 Å². The van der Waals surface area contributed by atoms with Gasteiger partial charge >= 0.3 is 0 Å². The highest BCUT2D eigenvalue weighted by Gasteiger charge is 2.29. The molecule has 0 spiro atoms. The molecule has 86 valence electrons. The van der Waals surface area contributed by atoms with Crippen molar-refractivity contribution in [3.8, 4) is 11.5 Å². The summed E-state index contributed by atoms with van der Waals surface area (Å²) in [6.45, 7) is 8.22. The molecular formula is C14H18O2. The molecule has 2 nitrogen and oxygen atoms in total. The van der Waals surface area contributed by atoms with E-state index in [0.717, 1.165) is 29.5 Å². The van der Waals surface area contributed by atoms with Gasteiger partial charge in [0, 0.05) is 11.1 Å². The standard InChI is InChI=1S/C14H18O2/c1-8(2)10-7-12-11(6-9(10)3)13(15)4-5-14(12)16/h4-5,9-10,15-16H,1,6-7H2,2-3H3. The number of benzene rings is 1. The van der Waals surface area contributed by atoms with Gasteiger partial charge in [0.2, 0.25) is 0 Å². The number of rotatable bonds is 1.